The molecule has 31 heavy (non-hydrogen) atoms. The van der Waals surface area contributed by atoms with Crippen LogP contribution in [0.25, 0.3) is 0 Å². The van der Waals surface area contributed by atoms with E-state index in [2.05, 4.69) is 15.3 Å². The first-order valence-corrected chi connectivity index (χ1v) is 11.2. The third-order valence-corrected chi connectivity index (χ3v) is 7.09. The molecule has 0 saturated carbocycles. The van der Waals surface area contributed by atoms with Crippen LogP contribution in [0.2, 0.25) is 5.02 Å². The Morgan fingerprint density at radius 2 is 1.81 bits per heavy atom. The molecule has 2 amide bonds. The summed E-state index contributed by atoms with van der Waals surface area (Å²) in [6, 6.07) is 5.56. The van der Waals surface area contributed by atoms with E-state index in [1.54, 1.807) is 10.7 Å². The summed E-state index contributed by atoms with van der Waals surface area (Å²) in [5, 5.41) is 7.96. The number of hydrogen-bond acceptors (Lipinski definition) is 4. The normalized spacial score (nSPS) is 20.9. The van der Waals surface area contributed by atoms with E-state index < -0.39 is 0 Å². The second kappa shape index (κ2) is 8.63. The summed E-state index contributed by atoms with van der Waals surface area (Å²) in [6.45, 7) is 9.94. The van der Waals surface area contributed by atoms with Crippen molar-refractivity contribution in [2.24, 2.45) is 18.9 Å². The van der Waals surface area contributed by atoms with E-state index in [0.717, 1.165) is 60.9 Å². The van der Waals surface area contributed by atoms with Crippen molar-refractivity contribution in [1.29, 1.82) is 0 Å². The minimum absolute atomic E-state index is 0.00342. The summed E-state index contributed by atoms with van der Waals surface area (Å²) < 4.78 is 1.77. The lowest BCUT2D eigenvalue weighted by Crippen LogP contribution is -2.34. The van der Waals surface area contributed by atoms with E-state index >= 15 is 0 Å². The maximum atomic E-state index is 13.0. The Balaban J connectivity index is 1.26. The molecule has 166 valence electrons. The molecule has 4 rings (SSSR count). The Morgan fingerprint density at radius 1 is 1.13 bits per heavy atom. The number of carbonyl (C=O) groups excluding carboxylic acids is 2. The van der Waals surface area contributed by atoms with Crippen molar-refractivity contribution >= 4 is 29.1 Å². The van der Waals surface area contributed by atoms with Crippen LogP contribution in [-0.4, -0.2) is 64.1 Å². The van der Waals surface area contributed by atoms with Gasteiger partial charge in [0, 0.05) is 62.6 Å². The van der Waals surface area contributed by atoms with Gasteiger partial charge in [-0.15, -0.1) is 0 Å². The molecule has 2 atom stereocenters. The maximum Gasteiger partial charge on any atom is 0.257 e. The highest BCUT2D eigenvalue weighted by Crippen LogP contribution is 2.32. The number of hydrogen-bond donors (Lipinski definition) is 1. The number of nitrogens with zero attached hydrogens (tertiary/aromatic N) is 4. The van der Waals surface area contributed by atoms with Crippen molar-refractivity contribution < 1.29 is 9.59 Å². The standard InChI is InChI=1S/C23H30ClN5O2/c1-14-5-6-19(9-20(14)24)25-21(30)7-8-28-10-17-12-29(13-18(17)11-28)23(31)22-15(2)26-27(4)16(22)3/h5-6,9,17-18H,7-8,10-13H2,1-4H3,(H,25,30). The highest BCUT2D eigenvalue weighted by Gasteiger charge is 2.42. The largest absolute Gasteiger partial charge is 0.338 e. The second-order valence-electron chi connectivity index (χ2n) is 8.92. The number of halogens is 1. The fraction of sp³-hybridized carbons (Fsp3) is 0.522. The first-order chi connectivity index (χ1) is 14.7. The van der Waals surface area contributed by atoms with Crippen molar-refractivity contribution in [1.82, 2.24) is 19.6 Å². The summed E-state index contributed by atoms with van der Waals surface area (Å²) in [4.78, 5) is 29.7. The van der Waals surface area contributed by atoms with Crippen LogP contribution in [0.15, 0.2) is 18.2 Å². The zero-order valence-corrected chi connectivity index (χ0v) is 19.4. The van der Waals surface area contributed by atoms with Gasteiger partial charge in [0.25, 0.3) is 5.91 Å². The zero-order valence-electron chi connectivity index (χ0n) is 18.6. The van der Waals surface area contributed by atoms with Gasteiger partial charge in [-0.1, -0.05) is 17.7 Å². The molecule has 0 spiro atoms. The number of aromatic nitrogens is 2. The van der Waals surface area contributed by atoms with Crippen LogP contribution in [0.5, 0.6) is 0 Å². The van der Waals surface area contributed by atoms with Gasteiger partial charge >= 0.3 is 0 Å². The van der Waals surface area contributed by atoms with Crippen LogP contribution < -0.4 is 5.32 Å². The molecule has 2 aromatic rings. The maximum absolute atomic E-state index is 13.0. The lowest BCUT2D eigenvalue weighted by Gasteiger charge is -2.21. The number of fused-ring (bicyclic) bond motifs is 1. The lowest BCUT2D eigenvalue weighted by atomic mass is 10.0. The average Bonchev–Trinajstić information content (AvgIpc) is 3.34. The van der Waals surface area contributed by atoms with Crippen LogP contribution in [-0.2, 0) is 11.8 Å². The first kappa shape index (κ1) is 21.8. The van der Waals surface area contributed by atoms with E-state index in [1.165, 1.54) is 0 Å². The summed E-state index contributed by atoms with van der Waals surface area (Å²) in [7, 11) is 1.87. The molecule has 1 aromatic heterocycles. The molecule has 0 radical (unpaired) electrons. The first-order valence-electron chi connectivity index (χ1n) is 10.8. The summed E-state index contributed by atoms with van der Waals surface area (Å²) >= 11 is 6.13. The Hall–Kier alpha value is -2.38. The summed E-state index contributed by atoms with van der Waals surface area (Å²) in [5.74, 6) is 1.04. The van der Waals surface area contributed by atoms with Gasteiger partial charge in [0.2, 0.25) is 5.91 Å². The van der Waals surface area contributed by atoms with E-state index in [4.69, 9.17) is 11.6 Å². The monoisotopic (exact) mass is 443 g/mol. The summed E-state index contributed by atoms with van der Waals surface area (Å²) in [5.41, 5.74) is 4.18. The number of nitrogens with one attached hydrogen (secondary N) is 1. The number of anilines is 1. The number of likely N-dealkylation sites (tertiary alicyclic amines) is 2. The van der Waals surface area contributed by atoms with Crippen molar-refractivity contribution in [3.05, 3.63) is 45.7 Å². The number of rotatable bonds is 5. The van der Waals surface area contributed by atoms with Gasteiger partial charge in [-0.05, 0) is 50.3 Å². The van der Waals surface area contributed by atoms with E-state index in [1.807, 2.05) is 44.9 Å². The van der Waals surface area contributed by atoms with Crippen molar-refractivity contribution in [2.45, 2.75) is 27.2 Å². The van der Waals surface area contributed by atoms with Gasteiger partial charge in [-0.3, -0.25) is 14.3 Å². The predicted octanol–water partition coefficient (Wildman–Crippen LogP) is 3.03. The van der Waals surface area contributed by atoms with Gasteiger partial charge in [-0.2, -0.15) is 5.10 Å². The topological polar surface area (TPSA) is 70.5 Å². The van der Waals surface area contributed by atoms with Gasteiger partial charge in [0.05, 0.1) is 11.3 Å². The molecule has 3 heterocycles. The van der Waals surface area contributed by atoms with Crippen molar-refractivity contribution in [3.63, 3.8) is 0 Å². The van der Waals surface area contributed by atoms with Crippen LogP contribution in [0.3, 0.4) is 0 Å². The number of amides is 2. The van der Waals surface area contributed by atoms with Crippen LogP contribution >= 0.6 is 11.6 Å². The highest BCUT2D eigenvalue weighted by molar-refractivity contribution is 6.31. The predicted molar refractivity (Wildman–Crippen MR) is 121 cm³/mol. The van der Waals surface area contributed by atoms with Crippen LogP contribution in [0, 0.1) is 32.6 Å². The Morgan fingerprint density at radius 3 is 2.39 bits per heavy atom. The molecule has 2 aliphatic rings. The smallest absolute Gasteiger partial charge is 0.257 e. The molecular formula is C23H30ClN5O2. The fourth-order valence-corrected chi connectivity index (χ4v) is 5.01. The summed E-state index contributed by atoms with van der Waals surface area (Å²) in [6.07, 6.45) is 0.446. The SMILES string of the molecule is Cc1ccc(NC(=O)CCN2CC3CN(C(=O)c4c(C)nn(C)c4C)CC3C2)cc1Cl. The van der Waals surface area contributed by atoms with Gasteiger partial charge in [-0.25, -0.2) is 0 Å². The molecule has 2 unspecified atom stereocenters. The third-order valence-electron chi connectivity index (χ3n) is 6.68. The third kappa shape index (κ3) is 4.48. The van der Waals surface area contributed by atoms with Gasteiger partial charge in [0.1, 0.15) is 0 Å². The molecule has 7 nitrogen and oxygen atoms in total. The van der Waals surface area contributed by atoms with Crippen LogP contribution in [0.4, 0.5) is 5.69 Å². The average molecular weight is 444 g/mol. The number of aryl methyl sites for hydroxylation is 3. The van der Waals surface area contributed by atoms with Crippen LogP contribution in [0.1, 0.15) is 33.7 Å². The number of benzene rings is 1. The molecule has 2 fully saturated rings. The van der Waals surface area contributed by atoms with E-state index in [-0.39, 0.29) is 11.8 Å². The van der Waals surface area contributed by atoms with Crippen molar-refractivity contribution in [3.8, 4) is 0 Å². The Bertz CT molecular complexity index is 1000. The minimum atomic E-state index is -0.00342. The fourth-order valence-electron chi connectivity index (χ4n) is 4.83. The molecule has 8 heteroatoms. The molecule has 1 N–H and O–H groups in total. The Kier molecular flexibility index (Phi) is 6.08. The molecule has 2 saturated heterocycles. The quantitative estimate of drug-likeness (QED) is 0.771. The van der Waals surface area contributed by atoms with E-state index in [9.17, 15) is 9.59 Å². The zero-order chi connectivity index (χ0) is 22.3. The Labute approximate surface area is 188 Å². The molecule has 0 aliphatic carbocycles. The second-order valence-corrected chi connectivity index (χ2v) is 9.33. The number of carbonyl (C=O) groups is 2. The molecular weight excluding hydrogens is 414 g/mol. The molecule has 0 bridgehead atoms. The molecule has 2 aliphatic heterocycles. The van der Waals surface area contributed by atoms with Gasteiger partial charge < -0.3 is 15.1 Å². The van der Waals surface area contributed by atoms with Crippen molar-refractivity contribution in [2.75, 3.05) is 38.0 Å². The highest BCUT2D eigenvalue weighted by atomic mass is 35.5. The minimum Gasteiger partial charge on any atom is -0.338 e. The van der Waals surface area contributed by atoms with E-state index in [0.29, 0.717) is 23.3 Å². The lowest BCUT2D eigenvalue weighted by molar-refractivity contribution is -0.116. The van der Waals surface area contributed by atoms with Gasteiger partial charge in [0.15, 0.2) is 0 Å². The molecule has 1 aromatic carbocycles.